The van der Waals surface area contributed by atoms with Gasteiger partial charge in [0.25, 0.3) is 21.5 Å². The number of carbonyl (C=O) groups excluding carboxylic acids is 1. The van der Waals surface area contributed by atoms with E-state index < -0.39 is 31.5 Å². The van der Waals surface area contributed by atoms with Crippen LogP contribution in [0.3, 0.4) is 0 Å². The molecule has 3 N–H and O–H groups in total. The molecule has 0 unspecified atom stereocenters. The number of aromatic nitrogens is 2. The van der Waals surface area contributed by atoms with Crippen molar-refractivity contribution in [2.45, 2.75) is 31.2 Å². The maximum Gasteiger partial charge on any atom is 0.282 e. The first-order valence-corrected chi connectivity index (χ1v) is 17.2. The van der Waals surface area contributed by atoms with Gasteiger partial charge in [0, 0.05) is 45.5 Å². The van der Waals surface area contributed by atoms with Crippen molar-refractivity contribution < 1.29 is 21.6 Å². The molecule has 1 amide bonds. The molecule has 5 aromatic rings. The molecule has 5 rings (SSSR count). The Hall–Kier alpha value is -4.39. The molecule has 0 aliphatic heterocycles. The van der Waals surface area contributed by atoms with E-state index in [-0.39, 0.29) is 33.9 Å². The number of amides is 1. The van der Waals surface area contributed by atoms with Gasteiger partial charge in [-0.25, -0.2) is 21.6 Å². The number of anilines is 1. The third-order valence-electron chi connectivity index (χ3n) is 6.99. The summed E-state index contributed by atoms with van der Waals surface area (Å²) < 4.78 is 56.4. The van der Waals surface area contributed by atoms with Crippen LogP contribution in [0, 0.1) is 0 Å². The van der Waals surface area contributed by atoms with Gasteiger partial charge in [-0.1, -0.05) is 55.8 Å². The average Bonchev–Trinajstić information content (AvgIpc) is 3.25. The van der Waals surface area contributed by atoms with E-state index in [1.807, 2.05) is 24.3 Å². The summed E-state index contributed by atoms with van der Waals surface area (Å²) in [6.07, 6.45) is 2.39. The monoisotopic (exact) mass is 652 g/mol. The lowest BCUT2D eigenvalue weighted by Crippen LogP contribution is -2.33. The van der Waals surface area contributed by atoms with Crippen molar-refractivity contribution in [3.8, 4) is 11.1 Å². The normalized spacial score (nSPS) is 12.0. The number of halogens is 1. The Morgan fingerprint density at radius 2 is 1.68 bits per heavy atom. The highest BCUT2D eigenvalue weighted by Gasteiger charge is 2.29. The largest absolute Gasteiger partial charge is 0.331 e. The van der Waals surface area contributed by atoms with Gasteiger partial charge in [-0.2, -0.15) is 0 Å². The van der Waals surface area contributed by atoms with Crippen molar-refractivity contribution in [2.75, 3.05) is 11.0 Å². The number of nitrogens with zero attached hydrogens (tertiary/aromatic N) is 1. The fourth-order valence-electron chi connectivity index (χ4n) is 4.98. The number of fused-ring (bicyclic) bond motifs is 1. The first-order chi connectivity index (χ1) is 20.7. The van der Waals surface area contributed by atoms with Gasteiger partial charge in [-0.15, -0.1) is 0 Å². The van der Waals surface area contributed by atoms with E-state index in [0.717, 1.165) is 23.4 Å². The topological polar surface area (TPSA) is 147 Å². The maximum absolute atomic E-state index is 14.1. The zero-order valence-electron chi connectivity index (χ0n) is 24.0. The Labute approximate surface area is 259 Å². The molecule has 0 radical (unpaired) electrons. The van der Waals surface area contributed by atoms with Gasteiger partial charge in [0.05, 0.1) is 11.2 Å². The third kappa shape index (κ3) is 6.57. The van der Waals surface area contributed by atoms with Gasteiger partial charge in [0.1, 0.15) is 5.69 Å². The molecule has 228 valence electrons. The molecule has 0 atom stereocenters. The second kappa shape index (κ2) is 11.9. The predicted octanol–water partition coefficient (Wildman–Crippen LogP) is 5.31. The van der Waals surface area contributed by atoms with Gasteiger partial charge in [-0.3, -0.25) is 14.3 Å². The quantitative estimate of drug-likeness (QED) is 0.197. The fourth-order valence-corrected chi connectivity index (χ4v) is 6.70. The third-order valence-corrected chi connectivity index (χ3v) is 9.16. The highest BCUT2D eigenvalue weighted by atomic mass is 35.5. The van der Waals surface area contributed by atoms with E-state index in [1.165, 1.54) is 24.4 Å². The summed E-state index contributed by atoms with van der Waals surface area (Å²) in [5.74, 6) is -0.677. The van der Waals surface area contributed by atoms with Gasteiger partial charge < -0.3 is 9.55 Å². The van der Waals surface area contributed by atoms with Crippen molar-refractivity contribution in [3.63, 3.8) is 0 Å². The number of aromatic amines is 1. The summed E-state index contributed by atoms with van der Waals surface area (Å²) in [5.41, 5.74) is 2.34. The molecule has 3 aromatic carbocycles. The van der Waals surface area contributed by atoms with Crippen LogP contribution in [-0.4, -0.2) is 38.5 Å². The van der Waals surface area contributed by atoms with E-state index >= 15 is 0 Å². The summed E-state index contributed by atoms with van der Waals surface area (Å²) in [7, 11) is -8.19. The number of rotatable bonds is 9. The Bertz CT molecular complexity index is 2170. The molecule has 13 heteroatoms. The van der Waals surface area contributed by atoms with Crippen LogP contribution >= 0.6 is 11.6 Å². The number of hydrogen-bond acceptors (Lipinski definition) is 6. The first-order valence-electron chi connectivity index (χ1n) is 13.5. The molecule has 0 fully saturated rings. The SMILES string of the molecule is CC(C)c1ccc(Cn2c(C(=O)NS(=O)(=O)c3cccc(NS(C)(=O)=O)c3)c(-c3ccc[nH]c3=O)c3cc(Cl)ccc32)cc1. The van der Waals surface area contributed by atoms with Gasteiger partial charge >= 0.3 is 0 Å². The summed E-state index contributed by atoms with van der Waals surface area (Å²) >= 11 is 6.37. The van der Waals surface area contributed by atoms with Crippen LogP contribution in [0.25, 0.3) is 22.0 Å². The number of hydrogen-bond donors (Lipinski definition) is 3. The zero-order chi connectivity index (χ0) is 31.8. The number of nitrogens with one attached hydrogen (secondary N) is 3. The lowest BCUT2D eigenvalue weighted by molar-refractivity contribution is 0.0974. The van der Waals surface area contributed by atoms with E-state index in [4.69, 9.17) is 11.6 Å². The molecule has 0 aliphatic carbocycles. The van der Waals surface area contributed by atoms with E-state index in [2.05, 4.69) is 28.3 Å². The molecule has 0 saturated heterocycles. The van der Waals surface area contributed by atoms with Gasteiger partial charge in [-0.05, 0) is 65.6 Å². The van der Waals surface area contributed by atoms with Crippen molar-refractivity contribution in [3.05, 3.63) is 117 Å². The van der Waals surface area contributed by atoms with Crippen LogP contribution in [0.2, 0.25) is 5.02 Å². The number of pyridine rings is 1. The van der Waals surface area contributed by atoms with Crippen molar-refractivity contribution in [2.24, 2.45) is 0 Å². The fraction of sp³-hybridized carbons (Fsp3) is 0.161. The summed E-state index contributed by atoms with van der Waals surface area (Å²) in [4.78, 5) is 29.4. The molecule has 0 spiro atoms. The Morgan fingerprint density at radius 3 is 2.34 bits per heavy atom. The van der Waals surface area contributed by atoms with Crippen LogP contribution < -0.4 is 15.0 Å². The Balaban J connectivity index is 1.69. The van der Waals surface area contributed by atoms with Crippen molar-refractivity contribution >= 4 is 54.1 Å². The van der Waals surface area contributed by atoms with Crippen molar-refractivity contribution in [1.29, 1.82) is 0 Å². The van der Waals surface area contributed by atoms with Crippen LogP contribution in [0.1, 0.15) is 41.4 Å². The summed E-state index contributed by atoms with van der Waals surface area (Å²) in [6.45, 7) is 4.34. The highest BCUT2D eigenvalue weighted by molar-refractivity contribution is 7.92. The Kier molecular flexibility index (Phi) is 8.43. The molecular formula is C31H29ClN4O6S2. The molecule has 0 aliphatic rings. The minimum atomic E-state index is -4.50. The molecule has 0 bridgehead atoms. The number of carbonyl (C=O) groups is 1. The zero-order valence-corrected chi connectivity index (χ0v) is 26.3. The summed E-state index contributed by atoms with van der Waals surface area (Å²) in [5, 5.41) is 0.842. The lowest BCUT2D eigenvalue weighted by atomic mass is 10.0. The smallest absolute Gasteiger partial charge is 0.282 e. The minimum Gasteiger partial charge on any atom is -0.331 e. The standard InChI is InChI=1S/C31H29ClN4O6S2/c1-19(2)21-11-9-20(10-12-21)18-36-27-14-13-22(32)16-26(27)28(25-8-5-15-33-30(25)37)29(36)31(38)35-44(41,42)24-7-4-6-23(17-24)34-43(3,39)40/h4-17,19,34H,18H2,1-3H3,(H,33,37)(H,35,38). The second-order valence-corrected chi connectivity index (χ2v) is 14.5. The van der Waals surface area contributed by atoms with Crippen LogP contribution in [0.5, 0.6) is 0 Å². The molecule has 10 nitrogen and oxygen atoms in total. The number of H-pyrrole nitrogens is 1. The Morgan fingerprint density at radius 1 is 0.955 bits per heavy atom. The minimum absolute atomic E-state index is 0.00734. The van der Waals surface area contributed by atoms with E-state index in [9.17, 15) is 26.4 Å². The van der Waals surface area contributed by atoms with Crippen LogP contribution in [0.15, 0.2) is 94.7 Å². The van der Waals surface area contributed by atoms with E-state index in [1.54, 1.807) is 34.9 Å². The molecule has 2 aromatic heterocycles. The van der Waals surface area contributed by atoms with Gasteiger partial charge in [0.2, 0.25) is 10.0 Å². The molecule has 0 saturated carbocycles. The maximum atomic E-state index is 14.1. The second-order valence-electron chi connectivity index (χ2n) is 10.6. The molecule has 44 heavy (non-hydrogen) atoms. The van der Waals surface area contributed by atoms with Gasteiger partial charge in [0.15, 0.2) is 0 Å². The molecule has 2 heterocycles. The highest BCUT2D eigenvalue weighted by Crippen LogP contribution is 2.36. The van der Waals surface area contributed by atoms with E-state index in [0.29, 0.717) is 21.8 Å². The lowest BCUT2D eigenvalue weighted by Gasteiger charge is -2.14. The number of sulfonamides is 2. The van der Waals surface area contributed by atoms with Crippen molar-refractivity contribution in [1.82, 2.24) is 14.3 Å². The first kappa shape index (κ1) is 31.0. The molecular weight excluding hydrogens is 624 g/mol. The van der Waals surface area contributed by atoms with Crippen LogP contribution in [0.4, 0.5) is 5.69 Å². The van der Waals surface area contributed by atoms with Crippen LogP contribution in [-0.2, 0) is 26.6 Å². The summed E-state index contributed by atoms with van der Waals surface area (Å²) in [6, 6.07) is 21.1. The average molecular weight is 653 g/mol. The number of benzene rings is 3. The predicted molar refractivity (Wildman–Crippen MR) is 172 cm³/mol.